The Kier molecular flexibility index (Phi) is 6.77. The summed E-state index contributed by atoms with van der Waals surface area (Å²) in [4.78, 5) is 23.9. The number of carbonyl (C=O) groups is 2. The van der Waals surface area contributed by atoms with E-state index in [0.29, 0.717) is 13.2 Å². The predicted molar refractivity (Wildman–Crippen MR) is 76.8 cm³/mol. The van der Waals surface area contributed by atoms with Gasteiger partial charge in [-0.1, -0.05) is 39.3 Å². The van der Waals surface area contributed by atoms with Gasteiger partial charge in [0.15, 0.2) is 0 Å². The Balaban J connectivity index is 2.76. The Morgan fingerprint density at radius 3 is 2.10 bits per heavy atom. The van der Waals surface area contributed by atoms with Crippen LogP contribution in [0.3, 0.4) is 0 Å². The Morgan fingerprint density at radius 2 is 1.60 bits per heavy atom. The molecule has 0 aliphatic carbocycles. The van der Waals surface area contributed by atoms with Crippen molar-refractivity contribution in [3.05, 3.63) is 35.4 Å². The highest BCUT2D eigenvalue weighted by Crippen LogP contribution is 2.13. The lowest BCUT2D eigenvalue weighted by molar-refractivity contribution is 0.0428. The molecule has 0 fully saturated rings. The Labute approximate surface area is 120 Å². The van der Waals surface area contributed by atoms with Crippen molar-refractivity contribution in [3.8, 4) is 0 Å². The van der Waals surface area contributed by atoms with Crippen LogP contribution in [0.4, 0.5) is 0 Å². The van der Waals surface area contributed by atoms with Gasteiger partial charge in [-0.2, -0.15) is 0 Å². The van der Waals surface area contributed by atoms with Gasteiger partial charge in [-0.15, -0.1) is 0 Å². The van der Waals surface area contributed by atoms with Crippen molar-refractivity contribution in [1.82, 2.24) is 0 Å². The van der Waals surface area contributed by atoms with Gasteiger partial charge >= 0.3 is 11.9 Å². The summed E-state index contributed by atoms with van der Waals surface area (Å²) in [5.74, 6) is -0.708. The first-order chi connectivity index (χ1) is 9.56. The first-order valence-corrected chi connectivity index (χ1v) is 6.99. The predicted octanol–water partition coefficient (Wildman–Crippen LogP) is 3.46. The van der Waals surface area contributed by atoms with Crippen LogP contribution in [0.25, 0.3) is 0 Å². The molecule has 0 aliphatic rings. The van der Waals surface area contributed by atoms with Crippen LogP contribution in [0.2, 0.25) is 0 Å². The Morgan fingerprint density at radius 1 is 1.05 bits per heavy atom. The van der Waals surface area contributed by atoms with E-state index in [1.165, 1.54) is 0 Å². The van der Waals surface area contributed by atoms with Crippen LogP contribution in [0.1, 0.15) is 54.3 Å². The maximum Gasteiger partial charge on any atom is 0.339 e. The monoisotopic (exact) mass is 278 g/mol. The summed E-state index contributed by atoms with van der Waals surface area (Å²) in [6.45, 7) is 6.63. The van der Waals surface area contributed by atoms with Gasteiger partial charge in [-0.3, -0.25) is 0 Å². The van der Waals surface area contributed by atoms with Gasteiger partial charge in [-0.25, -0.2) is 9.59 Å². The van der Waals surface area contributed by atoms with Crippen molar-refractivity contribution in [1.29, 1.82) is 0 Å². The lowest BCUT2D eigenvalue weighted by atomic mass is 10.1. The minimum atomic E-state index is -0.484. The summed E-state index contributed by atoms with van der Waals surface area (Å²) < 4.78 is 10.3. The molecule has 0 saturated heterocycles. The Bertz CT molecular complexity index is 452. The molecule has 20 heavy (non-hydrogen) atoms. The molecule has 1 rings (SSSR count). The fourth-order valence-corrected chi connectivity index (χ4v) is 1.55. The van der Waals surface area contributed by atoms with Crippen LogP contribution < -0.4 is 0 Å². The fraction of sp³-hybridized carbons (Fsp3) is 0.500. The summed E-state index contributed by atoms with van der Waals surface area (Å²) >= 11 is 0. The number of benzene rings is 1. The number of ether oxygens (including phenoxy) is 2. The number of rotatable bonds is 7. The summed E-state index contributed by atoms with van der Waals surface area (Å²) in [7, 11) is 0. The maximum atomic E-state index is 12.0. The van der Waals surface area contributed by atoms with Gasteiger partial charge in [-0.05, 0) is 24.5 Å². The zero-order valence-corrected chi connectivity index (χ0v) is 12.3. The van der Waals surface area contributed by atoms with Crippen LogP contribution in [-0.4, -0.2) is 25.2 Å². The molecule has 0 spiro atoms. The van der Waals surface area contributed by atoms with E-state index in [1.807, 2.05) is 20.8 Å². The maximum absolute atomic E-state index is 12.0. The van der Waals surface area contributed by atoms with Crippen molar-refractivity contribution in [2.24, 2.45) is 5.92 Å². The van der Waals surface area contributed by atoms with Crippen LogP contribution in [0.5, 0.6) is 0 Å². The highest BCUT2D eigenvalue weighted by molar-refractivity contribution is 6.03. The second kappa shape index (κ2) is 8.35. The van der Waals surface area contributed by atoms with Gasteiger partial charge in [0.25, 0.3) is 0 Å². The molecule has 0 atom stereocenters. The molecule has 4 heteroatoms. The third-order valence-electron chi connectivity index (χ3n) is 2.65. The van der Waals surface area contributed by atoms with E-state index < -0.39 is 11.9 Å². The number of carbonyl (C=O) groups excluding carboxylic acids is 2. The zero-order chi connectivity index (χ0) is 15.0. The number of esters is 2. The average molecular weight is 278 g/mol. The first kappa shape index (κ1) is 16.2. The van der Waals surface area contributed by atoms with E-state index >= 15 is 0 Å². The lowest BCUT2D eigenvalue weighted by Gasteiger charge is -2.10. The van der Waals surface area contributed by atoms with E-state index in [-0.39, 0.29) is 17.0 Å². The molecule has 1 aromatic rings. The quantitative estimate of drug-likeness (QED) is 0.566. The molecule has 0 aromatic heterocycles. The zero-order valence-electron chi connectivity index (χ0n) is 12.3. The molecule has 0 saturated carbocycles. The number of hydrogen-bond acceptors (Lipinski definition) is 4. The minimum Gasteiger partial charge on any atom is -0.462 e. The van der Waals surface area contributed by atoms with Crippen LogP contribution in [0.15, 0.2) is 24.3 Å². The molecule has 0 amide bonds. The topological polar surface area (TPSA) is 52.6 Å². The van der Waals surface area contributed by atoms with E-state index in [0.717, 1.165) is 12.8 Å². The molecule has 4 nitrogen and oxygen atoms in total. The molecule has 0 unspecified atom stereocenters. The first-order valence-electron chi connectivity index (χ1n) is 6.99. The molecule has 0 heterocycles. The summed E-state index contributed by atoms with van der Waals surface area (Å²) in [6.07, 6.45) is 1.76. The molecule has 1 aromatic carbocycles. The van der Waals surface area contributed by atoms with Gasteiger partial charge < -0.3 is 9.47 Å². The normalized spacial score (nSPS) is 10.4. The van der Waals surface area contributed by atoms with Crippen LogP contribution in [-0.2, 0) is 9.47 Å². The van der Waals surface area contributed by atoms with E-state index in [2.05, 4.69) is 0 Å². The largest absolute Gasteiger partial charge is 0.462 e. The summed E-state index contributed by atoms with van der Waals surface area (Å²) in [5.41, 5.74) is 0.520. The smallest absolute Gasteiger partial charge is 0.339 e. The van der Waals surface area contributed by atoms with Crippen molar-refractivity contribution in [2.75, 3.05) is 13.2 Å². The SMILES string of the molecule is CCCCOC(=O)c1ccccc1C(=O)OCC(C)C. The van der Waals surface area contributed by atoms with Gasteiger partial charge in [0, 0.05) is 0 Å². The van der Waals surface area contributed by atoms with Crippen molar-refractivity contribution >= 4 is 11.9 Å². The number of hydrogen-bond donors (Lipinski definition) is 0. The molecular formula is C16H22O4. The van der Waals surface area contributed by atoms with E-state index in [1.54, 1.807) is 24.3 Å². The number of unbranched alkanes of at least 4 members (excludes halogenated alkanes) is 1. The second-order valence-corrected chi connectivity index (χ2v) is 5.03. The molecule has 110 valence electrons. The molecule has 0 aliphatic heterocycles. The fourth-order valence-electron chi connectivity index (χ4n) is 1.55. The highest BCUT2D eigenvalue weighted by Gasteiger charge is 2.18. The Hall–Kier alpha value is -1.84. The van der Waals surface area contributed by atoms with E-state index in [4.69, 9.17) is 9.47 Å². The minimum absolute atomic E-state index is 0.252. The molecule has 0 N–H and O–H groups in total. The van der Waals surface area contributed by atoms with Crippen LogP contribution in [0, 0.1) is 5.92 Å². The van der Waals surface area contributed by atoms with Crippen molar-refractivity contribution in [3.63, 3.8) is 0 Å². The second-order valence-electron chi connectivity index (χ2n) is 5.03. The van der Waals surface area contributed by atoms with Gasteiger partial charge in [0.1, 0.15) is 0 Å². The average Bonchev–Trinajstić information content (AvgIpc) is 2.44. The lowest BCUT2D eigenvalue weighted by Crippen LogP contribution is -2.16. The summed E-state index contributed by atoms with van der Waals surface area (Å²) in [5, 5.41) is 0. The third kappa shape index (κ3) is 5.03. The third-order valence-corrected chi connectivity index (χ3v) is 2.65. The standard InChI is InChI=1S/C16H22O4/c1-4-5-10-19-15(17)13-8-6-7-9-14(13)16(18)20-11-12(2)3/h6-9,12H,4-5,10-11H2,1-3H3. The molecule has 0 radical (unpaired) electrons. The van der Waals surface area contributed by atoms with Crippen LogP contribution >= 0.6 is 0 Å². The van der Waals surface area contributed by atoms with E-state index in [9.17, 15) is 9.59 Å². The van der Waals surface area contributed by atoms with Gasteiger partial charge in [0.2, 0.25) is 0 Å². The van der Waals surface area contributed by atoms with Crippen molar-refractivity contribution in [2.45, 2.75) is 33.6 Å². The van der Waals surface area contributed by atoms with Crippen molar-refractivity contribution < 1.29 is 19.1 Å². The molecular weight excluding hydrogens is 256 g/mol. The highest BCUT2D eigenvalue weighted by atomic mass is 16.5. The molecule has 0 bridgehead atoms. The van der Waals surface area contributed by atoms with Gasteiger partial charge in [0.05, 0.1) is 24.3 Å². The summed E-state index contributed by atoms with van der Waals surface area (Å²) in [6, 6.07) is 6.57.